The third kappa shape index (κ3) is 1.38. The number of allylic oxidation sites excluding steroid dienone is 1. The van der Waals surface area contributed by atoms with Gasteiger partial charge in [-0.3, -0.25) is 4.68 Å². The summed E-state index contributed by atoms with van der Waals surface area (Å²) in [7, 11) is 1.85. The second-order valence-electron chi connectivity index (χ2n) is 1.78. The van der Waals surface area contributed by atoms with Gasteiger partial charge in [-0.15, -0.1) is 0 Å². The summed E-state index contributed by atoms with van der Waals surface area (Å²) in [6.07, 6.45) is 5.45. The maximum atomic E-state index is 4.02. The molecule has 0 N–H and O–H groups in total. The van der Waals surface area contributed by atoms with Gasteiger partial charge in [0.2, 0.25) is 0 Å². The summed E-state index contributed by atoms with van der Waals surface area (Å²) < 4.78 is 1.68. The maximum absolute atomic E-state index is 4.02. The van der Waals surface area contributed by atoms with Crippen molar-refractivity contribution in [2.75, 3.05) is 0 Å². The standard InChI is InChI=1S/C6H9N3/c1-3-4-6-7-5-9(2)8-6/h3-5H,1-2H3/b4-3+. The second-order valence-corrected chi connectivity index (χ2v) is 1.78. The van der Waals surface area contributed by atoms with Crippen LogP contribution in [0.15, 0.2) is 12.4 Å². The molecule has 0 aliphatic heterocycles. The molecule has 0 saturated carbocycles. The van der Waals surface area contributed by atoms with Crippen LogP contribution in [0.3, 0.4) is 0 Å². The number of aryl methyl sites for hydroxylation is 1. The highest BCUT2D eigenvalue weighted by Crippen LogP contribution is 1.89. The predicted octanol–water partition coefficient (Wildman–Crippen LogP) is 0.848. The highest BCUT2D eigenvalue weighted by Gasteiger charge is 1.88. The fourth-order valence-corrected chi connectivity index (χ4v) is 0.581. The molecule has 0 fully saturated rings. The molecule has 0 aliphatic carbocycles. The molecule has 3 heteroatoms. The molecule has 48 valence electrons. The van der Waals surface area contributed by atoms with Gasteiger partial charge >= 0.3 is 0 Å². The zero-order valence-electron chi connectivity index (χ0n) is 5.57. The molecule has 9 heavy (non-hydrogen) atoms. The van der Waals surface area contributed by atoms with Crippen molar-refractivity contribution < 1.29 is 0 Å². The summed E-state index contributed by atoms with van der Waals surface area (Å²) in [6, 6.07) is 0. The first-order valence-corrected chi connectivity index (χ1v) is 2.81. The second kappa shape index (κ2) is 2.44. The van der Waals surface area contributed by atoms with Gasteiger partial charge in [0.25, 0.3) is 0 Å². The van der Waals surface area contributed by atoms with Crippen LogP contribution in [0, 0.1) is 0 Å². The van der Waals surface area contributed by atoms with E-state index in [2.05, 4.69) is 10.1 Å². The van der Waals surface area contributed by atoms with E-state index < -0.39 is 0 Å². The van der Waals surface area contributed by atoms with Crippen molar-refractivity contribution in [1.82, 2.24) is 14.8 Å². The van der Waals surface area contributed by atoms with Gasteiger partial charge in [-0.2, -0.15) is 5.10 Å². The zero-order chi connectivity index (χ0) is 6.69. The Morgan fingerprint density at radius 1 is 1.67 bits per heavy atom. The van der Waals surface area contributed by atoms with E-state index in [4.69, 9.17) is 0 Å². The molecule has 3 nitrogen and oxygen atoms in total. The van der Waals surface area contributed by atoms with E-state index in [0.717, 1.165) is 5.82 Å². The minimum absolute atomic E-state index is 0.764. The average Bonchev–Trinajstić information content (AvgIpc) is 2.17. The molecule has 0 aromatic carbocycles. The molecule has 1 heterocycles. The van der Waals surface area contributed by atoms with Gasteiger partial charge in [0.1, 0.15) is 6.33 Å². The summed E-state index contributed by atoms with van der Waals surface area (Å²) in [5, 5.41) is 4.02. The van der Waals surface area contributed by atoms with Gasteiger partial charge < -0.3 is 0 Å². The topological polar surface area (TPSA) is 30.7 Å². The quantitative estimate of drug-likeness (QED) is 0.554. The molecule has 1 aromatic heterocycles. The molecule has 0 spiro atoms. The van der Waals surface area contributed by atoms with Crippen LogP contribution in [0.2, 0.25) is 0 Å². The van der Waals surface area contributed by atoms with E-state index in [0.29, 0.717) is 0 Å². The normalized spacial score (nSPS) is 10.9. The van der Waals surface area contributed by atoms with E-state index in [1.54, 1.807) is 11.0 Å². The Hall–Kier alpha value is -1.12. The Balaban J connectivity index is 2.85. The summed E-state index contributed by atoms with van der Waals surface area (Å²) in [5.41, 5.74) is 0. The van der Waals surface area contributed by atoms with Gasteiger partial charge in [0.05, 0.1) is 0 Å². The first kappa shape index (κ1) is 6.01. The monoisotopic (exact) mass is 123 g/mol. The third-order valence-corrected chi connectivity index (χ3v) is 0.933. The summed E-state index contributed by atoms with van der Waals surface area (Å²) in [5.74, 6) is 0.764. The Morgan fingerprint density at radius 2 is 2.44 bits per heavy atom. The first-order chi connectivity index (χ1) is 4.33. The molecule has 0 saturated heterocycles. The zero-order valence-corrected chi connectivity index (χ0v) is 5.57. The molecule has 0 bridgehead atoms. The smallest absolute Gasteiger partial charge is 0.173 e. The lowest BCUT2D eigenvalue weighted by Crippen LogP contribution is -1.86. The predicted molar refractivity (Wildman–Crippen MR) is 35.7 cm³/mol. The number of rotatable bonds is 1. The molecule has 1 aromatic rings. The fraction of sp³-hybridized carbons (Fsp3) is 0.333. The lowest BCUT2D eigenvalue weighted by Gasteiger charge is -1.78. The fourth-order valence-electron chi connectivity index (χ4n) is 0.581. The van der Waals surface area contributed by atoms with Crippen LogP contribution in [-0.2, 0) is 7.05 Å². The summed E-state index contributed by atoms with van der Waals surface area (Å²) in [4.78, 5) is 3.97. The van der Waals surface area contributed by atoms with Gasteiger partial charge in [-0.1, -0.05) is 6.08 Å². The van der Waals surface area contributed by atoms with Crippen LogP contribution in [-0.4, -0.2) is 14.8 Å². The van der Waals surface area contributed by atoms with Crippen molar-refractivity contribution >= 4 is 6.08 Å². The van der Waals surface area contributed by atoms with Gasteiger partial charge in [0.15, 0.2) is 5.82 Å². The number of hydrogen-bond donors (Lipinski definition) is 0. The van der Waals surface area contributed by atoms with Crippen molar-refractivity contribution in [2.24, 2.45) is 7.05 Å². The van der Waals surface area contributed by atoms with Crippen LogP contribution < -0.4 is 0 Å². The van der Waals surface area contributed by atoms with Crippen LogP contribution in [0.4, 0.5) is 0 Å². The van der Waals surface area contributed by atoms with Crippen LogP contribution >= 0.6 is 0 Å². The minimum Gasteiger partial charge on any atom is -0.255 e. The average molecular weight is 123 g/mol. The van der Waals surface area contributed by atoms with Gasteiger partial charge in [0, 0.05) is 7.05 Å². The molecule has 0 atom stereocenters. The van der Waals surface area contributed by atoms with E-state index in [1.807, 2.05) is 26.1 Å². The van der Waals surface area contributed by atoms with E-state index in [9.17, 15) is 0 Å². The molecule has 0 amide bonds. The number of hydrogen-bond acceptors (Lipinski definition) is 2. The molecule has 1 rings (SSSR count). The van der Waals surface area contributed by atoms with E-state index in [-0.39, 0.29) is 0 Å². The lowest BCUT2D eigenvalue weighted by atomic mass is 10.5. The minimum atomic E-state index is 0.764. The Kier molecular flexibility index (Phi) is 1.63. The molecule has 0 aliphatic rings. The summed E-state index contributed by atoms with van der Waals surface area (Å²) >= 11 is 0. The molecular weight excluding hydrogens is 114 g/mol. The largest absolute Gasteiger partial charge is 0.255 e. The van der Waals surface area contributed by atoms with Crippen LogP contribution in [0.1, 0.15) is 12.7 Å². The number of nitrogens with zero attached hydrogens (tertiary/aromatic N) is 3. The van der Waals surface area contributed by atoms with Gasteiger partial charge in [-0.05, 0) is 13.0 Å². The maximum Gasteiger partial charge on any atom is 0.173 e. The SMILES string of the molecule is C/C=C/c1ncn(C)n1. The third-order valence-electron chi connectivity index (χ3n) is 0.933. The van der Waals surface area contributed by atoms with Crippen molar-refractivity contribution in [3.63, 3.8) is 0 Å². The van der Waals surface area contributed by atoms with Crippen molar-refractivity contribution in [1.29, 1.82) is 0 Å². The van der Waals surface area contributed by atoms with Crippen LogP contribution in [0.5, 0.6) is 0 Å². The lowest BCUT2D eigenvalue weighted by molar-refractivity contribution is 0.763. The van der Waals surface area contributed by atoms with Crippen molar-refractivity contribution in [3.8, 4) is 0 Å². The Bertz CT molecular complexity index is 212. The van der Waals surface area contributed by atoms with Gasteiger partial charge in [-0.25, -0.2) is 4.98 Å². The summed E-state index contributed by atoms with van der Waals surface area (Å²) in [6.45, 7) is 1.94. The molecule has 0 radical (unpaired) electrons. The first-order valence-electron chi connectivity index (χ1n) is 2.81. The van der Waals surface area contributed by atoms with E-state index >= 15 is 0 Å². The molecule has 0 unspecified atom stereocenters. The van der Waals surface area contributed by atoms with Crippen molar-refractivity contribution in [3.05, 3.63) is 18.2 Å². The molecular formula is C6H9N3. The Morgan fingerprint density at radius 3 is 2.89 bits per heavy atom. The highest BCUT2D eigenvalue weighted by molar-refractivity contribution is 5.37. The number of aromatic nitrogens is 3. The van der Waals surface area contributed by atoms with Crippen molar-refractivity contribution in [2.45, 2.75) is 6.92 Å². The van der Waals surface area contributed by atoms with Crippen LogP contribution in [0.25, 0.3) is 6.08 Å². The Labute approximate surface area is 54.0 Å². The highest BCUT2D eigenvalue weighted by atomic mass is 15.3. The van der Waals surface area contributed by atoms with E-state index in [1.165, 1.54) is 0 Å².